The van der Waals surface area contributed by atoms with Gasteiger partial charge in [-0.05, 0) is 31.0 Å². The van der Waals surface area contributed by atoms with E-state index in [4.69, 9.17) is 0 Å². The average molecular weight is 277 g/mol. The number of hydrogen-bond acceptors (Lipinski definition) is 3. The first-order valence-electron chi connectivity index (χ1n) is 7.65. The standard InChI is InChI=1S/C16H24FN3/c1-13(10-14-2-4-15(17)5-3-14)19-6-8-20(9-7-19)16-11-18-12-16/h2-5,13,16,18H,6-12H2,1H3. The maximum atomic E-state index is 12.9. The van der Waals surface area contributed by atoms with E-state index in [-0.39, 0.29) is 5.82 Å². The molecule has 20 heavy (non-hydrogen) atoms. The topological polar surface area (TPSA) is 18.5 Å². The Hall–Kier alpha value is -0.970. The molecule has 1 aromatic carbocycles. The minimum Gasteiger partial charge on any atom is -0.314 e. The smallest absolute Gasteiger partial charge is 0.123 e. The van der Waals surface area contributed by atoms with Gasteiger partial charge in [0.2, 0.25) is 0 Å². The molecule has 0 amide bonds. The van der Waals surface area contributed by atoms with Gasteiger partial charge in [0.15, 0.2) is 0 Å². The van der Waals surface area contributed by atoms with Crippen molar-refractivity contribution in [3.8, 4) is 0 Å². The fraction of sp³-hybridized carbons (Fsp3) is 0.625. The molecule has 2 fully saturated rings. The normalized spacial score (nSPS) is 23.5. The predicted octanol–water partition coefficient (Wildman–Crippen LogP) is 1.35. The molecule has 3 rings (SSSR count). The van der Waals surface area contributed by atoms with Crippen LogP contribution in [0.4, 0.5) is 4.39 Å². The van der Waals surface area contributed by atoms with Crippen LogP contribution in [0.15, 0.2) is 24.3 Å². The third-order valence-electron chi connectivity index (χ3n) is 4.69. The molecule has 2 aliphatic rings. The fourth-order valence-electron chi connectivity index (χ4n) is 3.17. The molecule has 4 heteroatoms. The van der Waals surface area contributed by atoms with Crippen LogP contribution in [0.2, 0.25) is 0 Å². The molecule has 110 valence electrons. The molecule has 0 bridgehead atoms. The molecule has 1 aromatic rings. The minimum atomic E-state index is -0.149. The lowest BCUT2D eigenvalue weighted by Gasteiger charge is -2.44. The van der Waals surface area contributed by atoms with E-state index in [0.717, 1.165) is 38.6 Å². The van der Waals surface area contributed by atoms with Crippen molar-refractivity contribution in [3.05, 3.63) is 35.6 Å². The third kappa shape index (κ3) is 3.19. The lowest BCUT2D eigenvalue weighted by molar-refractivity contribution is 0.0555. The van der Waals surface area contributed by atoms with Crippen molar-refractivity contribution in [2.24, 2.45) is 0 Å². The van der Waals surface area contributed by atoms with Crippen molar-refractivity contribution in [3.63, 3.8) is 0 Å². The number of piperazine rings is 1. The van der Waals surface area contributed by atoms with Gasteiger partial charge in [0, 0.05) is 51.4 Å². The van der Waals surface area contributed by atoms with Crippen LogP contribution in [0.3, 0.4) is 0 Å². The second kappa shape index (κ2) is 6.20. The van der Waals surface area contributed by atoms with E-state index >= 15 is 0 Å². The van der Waals surface area contributed by atoms with Gasteiger partial charge >= 0.3 is 0 Å². The maximum Gasteiger partial charge on any atom is 0.123 e. The Morgan fingerprint density at radius 1 is 1.15 bits per heavy atom. The second-order valence-corrected chi connectivity index (χ2v) is 6.06. The summed E-state index contributed by atoms with van der Waals surface area (Å²) >= 11 is 0. The quantitative estimate of drug-likeness (QED) is 0.896. The van der Waals surface area contributed by atoms with Gasteiger partial charge < -0.3 is 5.32 Å². The van der Waals surface area contributed by atoms with Crippen LogP contribution >= 0.6 is 0 Å². The van der Waals surface area contributed by atoms with Gasteiger partial charge in [0.1, 0.15) is 5.82 Å². The summed E-state index contributed by atoms with van der Waals surface area (Å²) in [6, 6.07) is 8.23. The second-order valence-electron chi connectivity index (χ2n) is 6.06. The van der Waals surface area contributed by atoms with E-state index < -0.39 is 0 Å². The number of nitrogens with one attached hydrogen (secondary N) is 1. The number of rotatable bonds is 4. The maximum absolute atomic E-state index is 12.9. The summed E-state index contributed by atoms with van der Waals surface area (Å²) in [4.78, 5) is 5.17. The number of nitrogens with zero attached hydrogens (tertiary/aromatic N) is 2. The van der Waals surface area contributed by atoms with Crippen molar-refractivity contribution < 1.29 is 4.39 Å². The predicted molar refractivity (Wildman–Crippen MR) is 79.4 cm³/mol. The molecule has 2 aliphatic heterocycles. The first kappa shape index (κ1) is 14.0. The molecule has 1 N–H and O–H groups in total. The highest BCUT2D eigenvalue weighted by Gasteiger charge is 2.28. The Morgan fingerprint density at radius 2 is 1.80 bits per heavy atom. The molecule has 0 saturated carbocycles. The van der Waals surface area contributed by atoms with Crippen molar-refractivity contribution in [2.75, 3.05) is 39.3 Å². The van der Waals surface area contributed by atoms with Crippen LogP contribution in [0.5, 0.6) is 0 Å². The zero-order valence-corrected chi connectivity index (χ0v) is 12.2. The fourth-order valence-corrected chi connectivity index (χ4v) is 3.17. The molecule has 0 spiro atoms. The van der Waals surface area contributed by atoms with E-state index in [9.17, 15) is 4.39 Å². The van der Waals surface area contributed by atoms with Crippen LogP contribution in [0.1, 0.15) is 12.5 Å². The molecule has 1 atom stereocenters. The van der Waals surface area contributed by atoms with Gasteiger partial charge in [-0.1, -0.05) is 12.1 Å². The molecule has 0 aliphatic carbocycles. The van der Waals surface area contributed by atoms with E-state index in [1.54, 1.807) is 12.1 Å². The lowest BCUT2D eigenvalue weighted by atomic mass is 10.0. The van der Waals surface area contributed by atoms with E-state index in [2.05, 4.69) is 22.0 Å². The molecule has 1 unspecified atom stereocenters. The number of halogens is 1. The largest absolute Gasteiger partial charge is 0.314 e. The van der Waals surface area contributed by atoms with Crippen molar-refractivity contribution in [1.82, 2.24) is 15.1 Å². The zero-order valence-electron chi connectivity index (χ0n) is 12.2. The molecule has 2 heterocycles. The van der Waals surface area contributed by atoms with E-state index in [1.807, 2.05) is 12.1 Å². The molecular weight excluding hydrogens is 253 g/mol. The van der Waals surface area contributed by atoms with E-state index in [1.165, 1.54) is 18.7 Å². The van der Waals surface area contributed by atoms with Gasteiger partial charge in [0.25, 0.3) is 0 Å². The minimum absolute atomic E-state index is 0.149. The van der Waals surface area contributed by atoms with Gasteiger partial charge in [-0.25, -0.2) is 4.39 Å². The van der Waals surface area contributed by atoms with Gasteiger partial charge in [-0.15, -0.1) is 0 Å². The Balaban J connectivity index is 1.48. The molecule has 0 radical (unpaired) electrons. The summed E-state index contributed by atoms with van der Waals surface area (Å²) in [5, 5.41) is 3.34. The number of hydrogen-bond donors (Lipinski definition) is 1. The highest BCUT2D eigenvalue weighted by molar-refractivity contribution is 5.17. The van der Waals surface area contributed by atoms with Crippen LogP contribution in [0, 0.1) is 5.82 Å². The molecule has 3 nitrogen and oxygen atoms in total. The molecule has 2 saturated heterocycles. The Morgan fingerprint density at radius 3 is 2.35 bits per heavy atom. The van der Waals surface area contributed by atoms with Crippen LogP contribution in [0.25, 0.3) is 0 Å². The SMILES string of the molecule is CC(Cc1ccc(F)cc1)N1CCN(C2CNC2)CC1. The monoisotopic (exact) mass is 277 g/mol. The van der Waals surface area contributed by atoms with Crippen LogP contribution < -0.4 is 5.32 Å². The van der Waals surface area contributed by atoms with Crippen molar-refractivity contribution >= 4 is 0 Å². The summed E-state index contributed by atoms with van der Waals surface area (Å²) in [5.74, 6) is -0.149. The van der Waals surface area contributed by atoms with Gasteiger partial charge in [-0.3, -0.25) is 9.80 Å². The zero-order chi connectivity index (χ0) is 13.9. The summed E-state index contributed by atoms with van der Waals surface area (Å²) in [6.45, 7) is 9.26. The summed E-state index contributed by atoms with van der Waals surface area (Å²) in [7, 11) is 0. The van der Waals surface area contributed by atoms with Gasteiger partial charge in [0.05, 0.1) is 0 Å². The average Bonchev–Trinajstić information content (AvgIpc) is 2.40. The van der Waals surface area contributed by atoms with Crippen molar-refractivity contribution in [2.45, 2.75) is 25.4 Å². The Labute approximate surface area is 120 Å². The molecule has 0 aromatic heterocycles. The third-order valence-corrected chi connectivity index (χ3v) is 4.69. The lowest BCUT2D eigenvalue weighted by Crippen LogP contribution is -2.62. The van der Waals surface area contributed by atoms with Crippen molar-refractivity contribution in [1.29, 1.82) is 0 Å². The first-order chi connectivity index (χ1) is 9.72. The summed E-state index contributed by atoms with van der Waals surface area (Å²) in [6.07, 6.45) is 1.01. The highest BCUT2D eigenvalue weighted by Crippen LogP contribution is 2.15. The Kier molecular flexibility index (Phi) is 4.34. The highest BCUT2D eigenvalue weighted by atomic mass is 19.1. The van der Waals surface area contributed by atoms with E-state index in [0.29, 0.717) is 6.04 Å². The van der Waals surface area contributed by atoms with Crippen LogP contribution in [-0.4, -0.2) is 61.2 Å². The summed E-state index contributed by atoms with van der Waals surface area (Å²) < 4.78 is 12.9. The summed E-state index contributed by atoms with van der Waals surface area (Å²) in [5.41, 5.74) is 1.23. The van der Waals surface area contributed by atoms with Gasteiger partial charge in [-0.2, -0.15) is 0 Å². The first-order valence-corrected chi connectivity index (χ1v) is 7.65. The molecular formula is C16H24FN3. The van der Waals surface area contributed by atoms with Crippen LogP contribution in [-0.2, 0) is 6.42 Å². The Bertz CT molecular complexity index is 422. The number of benzene rings is 1.